The van der Waals surface area contributed by atoms with Gasteiger partial charge < -0.3 is 9.47 Å². The molecule has 0 aliphatic carbocycles. The van der Waals surface area contributed by atoms with Gasteiger partial charge in [-0.15, -0.1) is 11.8 Å². The Kier molecular flexibility index (Phi) is 4.87. The number of thioether (sulfide) groups is 1. The van der Waals surface area contributed by atoms with Gasteiger partial charge in [-0.2, -0.15) is 5.10 Å². The van der Waals surface area contributed by atoms with Crippen LogP contribution in [0.4, 0.5) is 0 Å². The fourth-order valence-electron chi connectivity index (χ4n) is 2.13. The third-order valence-corrected chi connectivity index (χ3v) is 4.78. The molecular weight excluding hydrogens is 264 g/mol. The largest absolute Gasteiger partial charge is 0.462 e. The molecule has 1 aliphatic heterocycles. The van der Waals surface area contributed by atoms with Crippen LogP contribution in [0.1, 0.15) is 36.3 Å². The van der Waals surface area contributed by atoms with Crippen molar-refractivity contribution in [2.45, 2.75) is 37.4 Å². The first-order valence-corrected chi connectivity index (χ1v) is 7.59. The molecule has 2 heterocycles. The molecule has 0 saturated carbocycles. The molecule has 1 aliphatic rings. The molecule has 2 unspecified atom stereocenters. The average molecular weight is 284 g/mol. The van der Waals surface area contributed by atoms with Crippen molar-refractivity contribution >= 4 is 17.7 Å². The summed E-state index contributed by atoms with van der Waals surface area (Å²) in [6.07, 6.45) is 2.94. The normalized spacial score (nSPS) is 22.7. The Bertz CT molecular complexity index is 447. The summed E-state index contributed by atoms with van der Waals surface area (Å²) < 4.78 is 12.3. The summed E-state index contributed by atoms with van der Waals surface area (Å²) in [6, 6.07) is 0. The van der Waals surface area contributed by atoms with E-state index in [0.717, 1.165) is 24.5 Å². The summed E-state index contributed by atoms with van der Waals surface area (Å²) in [4.78, 5) is 11.8. The van der Waals surface area contributed by atoms with Crippen LogP contribution in [0.25, 0.3) is 0 Å². The summed E-state index contributed by atoms with van der Waals surface area (Å²) in [5.74, 6) is 0.463. The first kappa shape index (κ1) is 14.4. The fraction of sp³-hybridized carbons (Fsp3) is 0.692. The summed E-state index contributed by atoms with van der Waals surface area (Å²) in [6.45, 7) is 5.11. The lowest BCUT2D eigenvalue weighted by Gasteiger charge is -2.14. The van der Waals surface area contributed by atoms with Gasteiger partial charge in [-0.1, -0.05) is 0 Å². The first-order chi connectivity index (χ1) is 9.13. The highest BCUT2D eigenvalue weighted by molar-refractivity contribution is 7.99. The number of aryl methyl sites for hydroxylation is 1. The minimum absolute atomic E-state index is 0.282. The maximum atomic E-state index is 11.8. The predicted octanol–water partition coefficient (Wildman–Crippen LogP) is 2.01. The topological polar surface area (TPSA) is 53.3 Å². The van der Waals surface area contributed by atoms with E-state index in [1.807, 2.05) is 18.8 Å². The molecule has 0 spiro atoms. The molecule has 1 aromatic rings. The zero-order valence-corrected chi connectivity index (χ0v) is 12.4. The summed E-state index contributed by atoms with van der Waals surface area (Å²) in [7, 11) is 1.85. The number of carbonyl (C=O) groups excluding carboxylic acids is 1. The van der Waals surface area contributed by atoms with Gasteiger partial charge in [0.25, 0.3) is 0 Å². The van der Waals surface area contributed by atoms with Crippen LogP contribution in [0.2, 0.25) is 0 Å². The molecule has 1 saturated heterocycles. The van der Waals surface area contributed by atoms with E-state index in [4.69, 9.17) is 9.47 Å². The van der Waals surface area contributed by atoms with Crippen LogP contribution >= 0.6 is 11.8 Å². The van der Waals surface area contributed by atoms with Crippen molar-refractivity contribution < 1.29 is 14.3 Å². The molecule has 106 valence electrons. The number of hydrogen-bond acceptors (Lipinski definition) is 5. The molecule has 1 fully saturated rings. The fourth-order valence-corrected chi connectivity index (χ4v) is 3.46. The van der Waals surface area contributed by atoms with Crippen molar-refractivity contribution in [3.8, 4) is 0 Å². The van der Waals surface area contributed by atoms with E-state index < -0.39 is 0 Å². The van der Waals surface area contributed by atoms with Crippen LogP contribution in [-0.2, 0) is 22.3 Å². The number of aromatic nitrogens is 2. The Hall–Kier alpha value is -1.01. The van der Waals surface area contributed by atoms with Crippen LogP contribution in [0.3, 0.4) is 0 Å². The van der Waals surface area contributed by atoms with Crippen LogP contribution in [0, 0.1) is 0 Å². The highest BCUT2D eigenvalue weighted by atomic mass is 32.2. The quantitative estimate of drug-likeness (QED) is 0.774. The second kappa shape index (κ2) is 6.43. The Labute approximate surface area is 117 Å². The van der Waals surface area contributed by atoms with Crippen molar-refractivity contribution in [3.05, 3.63) is 17.5 Å². The third-order valence-electron chi connectivity index (χ3n) is 3.30. The van der Waals surface area contributed by atoms with Crippen LogP contribution in [-0.4, -0.2) is 40.3 Å². The molecule has 19 heavy (non-hydrogen) atoms. The van der Waals surface area contributed by atoms with Gasteiger partial charge in [-0.25, -0.2) is 4.79 Å². The van der Waals surface area contributed by atoms with Gasteiger partial charge in [0.1, 0.15) is 5.56 Å². The first-order valence-electron chi connectivity index (χ1n) is 6.54. The molecule has 0 N–H and O–H groups in total. The summed E-state index contributed by atoms with van der Waals surface area (Å²) in [5, 5.41) is 4.65. The van der Waals surface area contributed by atoms with Gasteiger partial charge in [-0.05, 0) is 20.3 Å². The molecule has 5 nitrogen and oxygen atoms in total. The Morgan fingerprint density at radius 3 is 3.11 bits per heavy atom. The second-order valence-electron chi connectivity index (χ2n) is 4.56. The predicted molar refractivity (Wildman–Crippen MR) is 74.3 cm³/mol. The van der Waals surface area contributed by atoms with E-state index in [9.17, 15) is 4.79 Å². The minimum atomic E-state index is -0.290. The summed E-state index contributed by atoms with van der Waals surface area (Å²) >= 11 is 1.82. The minimum Gasteiger partial charge on any atom is -0.462 e. The van der Waals surface area contributed by atoms with Gasteiger partial charge in [-0.3, -0.25) is 4.68 Å². The van der Waals surface area contributed by atoms with Gasteiger partial charge in [0.05, 0.1) is 24.6 Å². The van der Waals surface area contributed by atoms with E-state index in [0.29, 0.717) is 17.4 Å². The van der Waals surface area contributed by atoms with Crippen molar-refractivity contribution in [1.82, 2.24) is 9.78 Å². The second-order valence-corrected chi connectivity index (χ2v) is 5.79. The zero-order valence-electron chi connectivity index (χ0n) is 11.6. The van der Waals surface area contributed by atoms with Gasteiger partial charge in [0.15, 0.2) is 0 Å². The van der Waals surface area contributed by atoms with Gasteiger partial charge in [0.2, 0.25) is 0 Å². The molecule has 0 bridgehead atoms. The van der Waals surface area contributed by atoms with E-state index in [2.05, 4.69) is 12.0 Å². The van der Waals surface area contributed by atoms with E-state index in [-0.39, 0.29) is 12.1 Å². The average Bonchev–Trinajstić information content (AvgIpc) is 2.94. The highest BCUT2D eigenvalue weighted by Gasteiger charge is 2.26. The Balaban J connectivity index is 2.02. The van der Waals surface area contributed by atoms with Crippen LogP contribution < -0.4 is 0 Å². The monoisotopic (exact) mass is 284 g/mol. The van der Waals surface area contributed by atoms with E-state index >= 15 is 0 Å². The molecular formula is C13H20N2O3S. The Morgan fingerprint density at radius 2 is 2.47 bits per heavy atom. The van der Waals surface area contributed by atoms with Gasteiger partial charge in [0, 0.05) is 24.7 Å². The van der Waals surface area contributed by atoms with Crippen LogP contribution in [0.15, 0.2) is 6.20 Å². The Morgan fingerprint density at radius 1 is 1.68 bits per heavy atom. The van der Waals surface area contributed by atoms with Crippen molar-refractivity contribution in [2.24, 2.45) is 7.05 Å². The van der Waals surface area contributed by atoms with Crippen molar-refractivity contribution in [2.75, 3.05) is 13.2 Å². The molecule has 2 rings (SSSR count). The summed E-state index contributed by atoms with van der Waals surface area (Å²) in [5.41, 5.74) is 1.49. The molecule has 0 radical (unpaired) electrons. The number of hydrogen-bond donors (Lipinski definition) is 0. The SMILES string of the molecule is CCOC(=O)c1cnn(C)c1CSC1CCOC1C. The standard InChI is InChI=1S/C13H20N2O3S/c1-4-17-13(16)10-7-14-15(3)11(10)8-19-12-5-6-18-9(12)2/h7,9,12H,4-6,8H2,1-3H3. The number of ether oxygens (including phenoxy) is 2. The lowest BCUT2D eigenvalue weighted by Crippen LogP contribution is -2.15. The lowest BCUT2D eigenvalue weighted by molar-refractivity contribution is 0.0525. The van der Waals surface area contributed by atoms with E-state index in [1.54, 1.807) is 17.8 Å². The third kappa shape index (κ3) is 3.30. The molecule has 1 aromatic heterocycles. The number of nitrogens with zero attached hydrogens (tertiary/aromatic N) is 2. The molecule has 0 aromatic carbocycles. The zero-order chi connectivity index (χ0) is 13.8. The van der Waals surface area contributed by atoms with Crippen molar-refractivity contribution in [3.63, 3.8) is 0 Å². The van der Waals surface area contributed by atoms with Crippen LogP contribution in [0.5, 0.6) is 0 Å². The number of rotatable bonds is 5. The van der Waals surface area contributed by atoms with Crippen molar-refractivity contribution in [1.29, 1.82) is 0 Å². The number of carbonyl (C=O) groups is 1. The maximum absolute atomic E-state index is 11.8. The smallest absolute Gasteiger partial charge is 0.341 e. The van der Waals surface area contributed by atoms with Gasteiger partial charge >= 0.3 is 5.97 Å². The molecule has 0 amide bonds. The molecule has 2 atom stereocenters. The lowest BCUT2D eigenvalue weighted by atomic mass is 10.2. The number of esters is 1. The van der Waals surface area contributed by atoms with E-state index in [1.165, 1.54) is 0 Å². The highest BCUT2D eigenvalue weighted by Crippen LogP contribution is 2.29. The maximum Gasteiger partial charge on any atom is 0.341 e. The molecule has 6 heteroatoms.